The first-order valence-corrected chi connectivity index (χ1v) is 6.43. The van der Waals surface area contributed by atoms with E-state index in [1.807, 2.05) is 6.92 Å². The zero-order chi connectivity index (χ0) is 14.4. The lowest BCUT2D eigenvalue weighted by Crippen LogP contribution is -2.16. The van der Waals surface area contributed by atoms with E-state index in [1.165, 1.54) is 18.6 Å². The summed E-state index contributed by atoms with van der Waals surface area (Å²) in [5, 5.41) is 13.2. The quantitative estimate of drug-likeness (QED) is 0.875. The Bertz CT molecular complexity index is 592. The van der Waals surface area contributed by atoms with E-state index in [4.69, 9.17) is 11.6 Å². The number of carbonyl (C=O) groups is 1. The van der Waals surface area contributed by atoms with Crippen molar-refractivity contribution in [3.63, 3.8) is 0 Å². The van der Waals surface area contributed by atoms with Crippen LogP contribution in [0.1, 0.15) is 23.7 Å². The Morgan fingerprint density at radius 2 is 2.20 bits per heavy atom. The Kier molecular flexibility index (Phi) is 4.78. The molecule has 104 valence electrons. The van der Waals surface area contributed by atoms with E-state index in [0.29, 0.717) is 11.4 Å². The number of pyridine rings is 1. The highest BCUT2D eigenvalue weighted by molar-refractivity contribution is 6.34. The molecule has 7 nitrogen and oxygen atoms in total. The molecule has 2 rings (SSSR count). The van der Waals surface area contributed by atoms with Crippen molar-refractivity contribution in [2.24, 2.45) is 0 Å². The summed E-state index contributed by atoms with van der Waals surface area (Å²) in [4.78, 5) is 20.1. The van der Waals surface area contributed by atoms with Gasteiger partial charge in [0, 0.05) is 12.7 Å². The van der Waals surface area contributed by atoms with Gasteiger partial charge in [0.1, 0.15) is 5.82 Å². The van der Waals surface area contributed by atoms with E-state index in [2.05, 4.69) is 30.8 Å². The van der Waals surface area contributed by atoms with Crippen molar-refractivity contribution in [1.82, 2.24) is 20.2 Å². The molecule has 2 heterocycles. The Balaban J connectivity index is 2.16. The number of amides is 1. The van der Waals surface area contributed by atoms with Crippen LogP contribution in [0, 0.1) is 0 Å². The number of anilines is 2. The number of halogens is 1. The molecule has 2 N–H and O–H groups in total. The number of aromatic nitrogens is 4. The highest BCUT2D eigenvalue weighted by Crippen LogP contribution is 2.18. The number of rotatable bonds is 5. The molecule has 1 amide bonds. The molecule has 0 spiro atoms. The molecule has 0 saturated heterocycles. The number of nitrogens with zero attached hydrogens (tertiary/aromatic N) is 4. The second-order valence-electron chi connectivity index (χ2n) is 3.90. The van der Waals surface area contributed by atoms with Gasteiger partial charge >= 0.3 is 0 Å². The van der Waals surface area contributed by atoms with E-state index >= 15 is 0 Å². The van der Waals surface area contributed by atoms with Crippen molar-refractivity contribution in [3.8, 4) is 0 Å². The van der Waals surface area contributed by atoms with Crippen molar-refractivity contribution in [2.75, 3.05) is 17.2 Å². The number of nitrogens with one attached hydrogen (secondary N) is 2. The van der Waals surface area contributed by atoms with Crippen LogP contribution in [-0.2, 0) is 0 Å². The van der Waals surface area contributed by atoms with Crippen LogP contribution in [0.25, 0.3) is 0 Å². The maximum atomic E-state index is 12.1. The Hall–Kier alpha value is -2.28. The van der Waals surface area contributed by atoms with Gasteiger partial charge in [-0.25, -0.2) is 9.97 Å². The third kappa shape index (κ3) is 3.61. The van der Waals surface area contributed by atoms with Gasteiger partial charge in [-0.3, -0.25) is 10.1 Å². The average molecular weight is 293 g/mol. The average Bonchev–Trinajstić information content (AvgIpc) is 2.47. The molecule has 0 bridgehead atoms. The molecule has 20 heavy (non-hydrogen) atoms. The van der Waals surface area contributed by atoms with Gasteiger partial charge in [0.25, 0.3) is 5.91 Å². The molecule has 2 aromatic heterocycles. The van der Waals surface area contributed by atoms with Gasteiger partial charge in [-0.1, -0.05) is 18.5 Å². The minimum absolute atomic E-state index is 0.119. The maximum absolute atomic E-state index is 12.1. The fourth-order valence-corrected chi connectivity index (χ4v) is 1.63. The van der Waals surface area contributed by atoms with E-state index in [-0.39, 0.29) is 11.0 Å². The lowest BCUT2D eigenvalue weighted by molar-refractivity contribution is 0.102. The largest absolute Gasteiger partial charge is 0.370 e. The van der Waals surface area contributed by atoms with Crippen LogP contribution < -0.4 is 10.6 Å². The standard InChI is InChI=1S/C12H13ClN6O/c1-2-3-14-10-6-8(9(13)7-16-10)11(20)18-12-15-4-5-17-19-12/h4-7H,2-3H2,1H3,(H,14,16)(H,15,18,19,20). The second kappa shape index (κ2) is 6.76. The van der Waals surface area contributed by atoms with Crippen LogP contribution in [-0.4, -0.2) is 32.6 Å². The highest BCUT2D eigenvalue weighted by atomic mass is 35.5. The van der Waals surface area contributed by atoms with Crippen LogP contribution >= 0.6 is 11.6 Å². The van der Waals surface area contributed by atoms with Crippen LogP contribution in [0.4, 0.5) is 11.8 Å². The molecular weight excluding hydrogens is 280 g/mol. The zero-order valence-electron chi connectivity index (χ0n) is 10.8. The van der Waals surface area contributed by atoms with E-state index < -0.39 is 5.91 Å². The molecule has 0 fully saturated rings. The molecule has 0 unspecified atom stereocenters. The smallest absolute Gasteiger partial charge is 0.259 e. The number of carbonyl (C=O) groups excluding carboxylic acids is 1. The summed E-state index contributed by atoms with van der Waals surface area (Å²) in [7, 11) is 0. The van der Waals surface area contributed by atoms with Gasteiger partial charge in [0.15, 0.2) is 0 Å². The summed E-state index contributed by atoms with van der Waals surface area (Å²) < 4.78 is 0. The van der Waals surface area contributed by atoms with Crippen molar-refractivity contribution in [3.05, 3.63) is 35.2 Å². The second-order valence-corrected chi connectivity index (χ2v) is 4.30. The lowest BCUT2D eigenvalue weighted by atomic mass is 10.2. The highest BCUT2D eigenvalue weighted by Gasteiger charge is 2.13. The van der Waals surface area contributed by atoms with Crippen LogP contribution in [0.15, 0.2) is 24.7 Å². The monoisotopic (exact) mass is 292 g/mol. The molecular formula is C12H13ClN6O. The molecule has 2 aromatic rings. The maximum Gasteiger partial charge on any atom is 0.259 e. The molecule has 0 aliphatic carbocycles. The van der Waals surface area contributed by atoms with Crippen molar-refractivity contribution >= 4 is 29.3 Å². The normalized spacial score (nSPS) is 10.1. The number of hydrogen-bond acceptors (Lipinski definition) is 6. The van der Waals surface area contributed by atoms with Crippen LogP contribution in [0.3, 0.4) is 0 Å². The Morgan fingerprint density at radius 1 is 1.35 bits per heavy atom. The first-order chi connectivity index (χ1) is 9.70. The van der Waals surface area contributed by atoms with Crippen molar-refractivity contribution in [1.29, 1.82) is 0 Å². The fraction of sp³-hybridized carbons (Fsp3) is 0.250. The molecule has 0 atom stereocenters. The zero-order valence-corrected chi connectivity index (χ0v) is 11.6. The molecule has 0 aliphatic heterocycles. The summed E-state index contributed by atoms with van der Waals surface area (Å²) >= 11 is 5.98. The molecule has 0 radical (unpaired) electrons. The summed E-state index contributed by atoms with van der Waals surface area (Å²) in [6, 6.07) is 1.59. The minimum Gasteiger partial charge on any atom is -0.370 e. The van der Waals surface area contributed by atoms with Gasteiger partial charge in [0.2, 0.25) is 5.95 Å². The Morgan fingerprint density at radius 3 is 2.90 bits per heavy atom. The SMILES string of the molecule is CCCNc1cc(C(=O)Nc2nccnn2)c(Cl)cn1. The summed E-state index contributed by atoms with van der Waals surface area (Å²) in [6.45, 7) is 2.80. The van der Waals surface area contributed by atoms with Crippen molar-refractivity contribution in [2.45, 2.75) is 13.3 Å². The topological polar surface area (TPSA) is 92.7 Å². The third-order valence-electron chi connectivity index (χ3n) is 2.36. The predicted octanol–water partition coefficient (Wildman–Crippen LogP) is 1.99. The van der Waals surface area contributed by atoms with Crippen LogP contribution in [0.2, 0.25) is 5.02 Å². The van der Waals surface area contributed by atoms with Crippen molar-refractivity contribution < 1.29 is 4.79 Å². The van der Waals surface area contributed by atoms with Gasteiger partial charge < -0.3 is 5.32 Å². The lowest BCUT2D eigenvalue weighted by Gasteiger charge is -2.08. The number of hydrogen-bond donors (Lipinski definition) is 2. The summed E-state index contributed by atoms with van der Waals surface area (Å²) in [5.41, 5.74) is 0.299. The summed E-state index contributed by atoms with van der Waals surface area (Å²) in [6.07, 6.45) is 5.24. The van der Waals surface area contributed by atoms with Gasteiger partial charge in [-0.05, 0) is 12.5 Å². The predicted molar refractivity (Wildman–Crippen MR) is 75.8 cm³/mol. The molecule has 0 aromatic carbocycles. The van der Waals surface area contributed by atoms with E-state index in [1.54, 1.807) is 6.07 Å². The van der Waals surface area contributed by atoms with Gasteiger partial charge in [-0.2, -0.15) is 5.10 Å². The molecule has 0 saturated carbocycles. The van der Waals surface area contributed by atoms with Crippen LogP contribution in [0.5, 0.6) is 0 Å². The molecule has 8 heteroatoms. The Labute approximate surface area is 120 Å². The first-order valence-electron chi connectivity index (χ1n) is 6.05. The van der Waals surface area contributed by atoms with Gasteiger partial charge in [0.05, 0.1) is 23.0 Å². The van der Waals surface area contributed by atoms with Gasteiger partial charge in [-0.15, -0.1) is 5.10 Å². The fourth-order valence-electron chi connectivity index (χ4n) is 1.44. The molecule has 0 aliphatic rings. The minimum atomic E-state index is -0.412. The third-order valence-corrected chi connectivity index (χ3v) is 2.67. The van der Waals surface area contributed by atoms with E-state index in [9.17, 15) is 4.79 Å². The summed E-state index contributed by atoms with van der Waals surface area (Å²) in [5.74, 6) is 0.298. The van der Waals surface area contributed by atoms with E-state index in [0.717, 1.165) is 13.0 Å². The first kappa shape index (κ1) is 14.1.